The quantitative estimate of drug-likeness (QED) is 0.613. The van der Waals surface area contributed by atoms with E-state index in [9.17, 15) is 9.18 Å². The number of nitrogens with zero attached hydrogens (tertiary/aromatic N) is 3. The molecule has 2 aromatic rings. The summed E-state index contributed by atoms with van der Waals surface area (Å²) in [6, 6.07) is 5.25. The molecular formula is C16H17Cl2FN4O. The van der Waals surface area contributed by atoms with Crippen LogP contribution in [0.15, 0.2) is 30.5 Å². The molecule has 1 aromatic heterocycles. The molecule has 0 aliphatic heterocycles. The highest BCUT2D eigenvalue weighted by Crippen LogP contribution is 2.23. The Morgan fingerprint density at radius 3 is 2.58 bits per heavy atom. The molecule has 1 N–H and O–H groups in total. The highest BCUT2D eigenvalue weighted by atomic mass is 35.5. The summed E-state index contributed by atoms with van der Waals surface area (Å²) in [5.74, 6) is -0.0857. The van der Waals surface area contributed by atoms with Crippen molar-refractivity contribution in [2.45, 2.75) is 20.3 Å². The Balaban J connectivity index is 2.23. The zero-order chi connectivity index (χ0) is 17.7. The van der Waals surface area contributed by atoms with Crippen LogP contribution in [0.5, 0.6) is 0 Å². The zero-order valence-electron chi connectivity index (χ0n) is 13.3. The van der Waals surface area contributed by atoms with Gasteiger partial charge >= 0.3 is 0 Å². The fourth-order valence-corrected chi connectivity index (χ4v) is 2.24. The molecular weight excluding hydrogens is 354 g/mol. The van der Waals surface area contributed by atoms with Crippen molar-refractivity contribution in [1.82, 2.24) is 15.4 Å². The second-order valence-corrected chi connectivity index (χ2v) is 6.34. The number of rotatable bonds is 6. The Labute approximate surface area is 149 Å². The van der Waals surface area contributed by atoms with Crippen molar-refractivity contribution >= 4 is 34.9 Å². The summed E-state index contributed by atoms with van der Waals surface area (Å²) in [7, 11) is 0. The molecule has 1 heterocycles. The Hall–Kier alpha value is -1.92. The molecule has 0 aliphatic rings. The van der Waals surface area contributed by atoms with Crippen LogP contribution in [0, 0.1) is 11.7 Å². The van der Waals surface area contributed by atoms with E-state index >= 15 is 0 Å². The predicted molar refractivity (Wildman–Crippen MR) is 92.7 cm³/mol. The van der Waals surface area contributed by atoms with Crippen LogP contribution in [0.2, 0.25) is 10.3 Å². The van der Waals surface area contributed by atoms with Crippen molar-refractivity contribution in [1.29, 1.82) is 0 Å². The lowest BCUT2D eigenvalue weighted by atomic mass is 10.1. The molecule has 24 heavy (non-hydrogen) atoms. The Morgan fingerprint density at radius 1 is 1.29 bits per heavy atom. The van der Waals surface area contributed by atoms with Gasteiger partial charge in [0.15, 0.2) is 5.82 Å². The summed E-state index contributed by atoms with van der Waals surface area (Å²) >= 11 is 12.0. The molecule has 0 aliphatic carbocycles. The van der Waals surface area contributed by atoms with E-state index in [0.717, 1.165) is 6.42 Å². The van der Waals surface area contributed by atoms with E-state index in [1.165, 1.54) is 35.5 Å². The molecule has 0 fully saturated rings. The Morgan fingerprint density at radius 2 is 1.96 bits per heavy atom. The topological polar surface area (TPSA) is 58.1 Å². The average molecular weight is 371 g/mol. The third-order valence-electron chi connectivity index (χ3n) is 3.22. The van der Waals surface area contributed by atoms with Crippen LogP contribution in [0.25, 0.3) is 0 Å². The Kier molecular flexibility index (Phi) is 6.34. The molecule has 1 amide bonds. The number of carbonyl (C=O) groups excluding carboxylic acids is 1. The summed E-state index contributed by atoms with van der Waals surface area (Å²) < 4.78 is 13.0. The maximum absolute atomic E-state index is 13.0. The molecule has 0 saturated carbocycles. The maximum atomic E-state index is 13.0. The van der Waals surface area contributed by atoms with Gasteiger partial charge in [0, 0.05) is 12.1 Å². The minimum absolute atomic E-state index is 0.0278. The first-order valence-electron chi connectivity index (χ1n) is 7.39. The molecule has 5 nitrogen and oxygen atoms in total. The minimum Gasteiger partial charge on any atom is -0.267 e. The fourth-order valence-electron chi connectivity index (χ4n) is 1.92. The molecule has 8 heteroatoms. The lowest BCUT2D eigenvalue weighted by molar-refractivity contribution is 0.0948. The Bertz CT molecular complexity index is 710. The lowest BCUT2D eigenvalue weighted by Crippen LogP contribution is -2.44. The number of carbonyl (C=O) groups is 1. The van der Waals surface area contributed by atoms with Crippen LogP contribution in [-0.2, 0) is 0 Å². The lowest BCUT2D eigenvalue weighted by Gasteiger charge is -2.25. The highest BCUT2D eigenvalue weighted by molar-refractivity contribution is 6.33. The molecule has 0 atom stereocenters. The van der Waals surface area contributed by atoms with Gasteiger partial charge in [-0.25, -0.2) is 9.37 Å². The number of hydrogen-bond donors (Lipinski definition) is 1. The van der Waals surface area contributed by atoms with E-state index in [1.54, 1.807) is 0 Å². The fraction of sp³-hybridized carbons (Fsp3) is 0.312. The summed E-state index contributed by atoms with van der Waals surface area (Å²) in [5, 5.41) is 1.82. The van der Waals surface area contributed by atoms with Gasteiger partial charge in [0.1, 0.15) is 10.8 Å². The van der Waals surface area contributed by atoms with Gasteiger partial charge in [-0.15, -0.1) is 0 Å². The second-order valence-electron chi connectivity index (χ2n) is 5.59. The third kappa shape index (κ3) is 5.04. The summed E-state index contributed by atoms with van der Waals surface area (Å²) in [4.78, 5) is 20.3. The number of hydrogen-bond acceptors (Lipinski definition) is 4. The summed E-state index contributed by atoms with van der Waals surface area (Å²) in [6.45, 7) is 4.61. The summed E-state index contributed by atoms with van der Waals surface area (Å²) in [5.41, 5.74) is 3.05. The number of halogens is 3. The molecule has 0 radical (unpaired) electrons. The van der Waals surface area contributed by atoms with Gasteiger partial charge in [0.2, 0.25) is 5.28 Å². The number of benzene rings is 1. The van der Waals surface area contributed by atoms with E-state index in [0.29, 0.717) is 23.8 Å². The standard InChI is InChI=1S/C16H17Cl2FN4O/c1-10(2)7-8-23(14-13(17)9-20-16(18)21-14)22-15(24)11-3-5-12(19)6-4-11/h3-6,9-10H,7-8H2,1-2H3,(H,22,24). The van der Waals surface area contributed by atoms with Gasteiger partial charge in [0.05, 0.1) is 6.20 Å². The monoisotopic (exact) mass is 370 g/mol. The number of nitrogens with one attached hydrogen (secondary N) is 1. The normalized spacial score (nSPS) is 10.8. The van der Waals surface area contributed by atoms with E-state index < -0.39 is 11.7 Å². The van der Waals surface area contributed by atoms with Crippen LogP contribution in [0.1, 0.15) is 30.6 Å². The van der Waals surface area contributed by atoms with E-state index in [1.807, 2.05) is 0 Å². The van der Waals surface area contributed by atoms with Crippen molar-refractivity contribution in [3.8, 4) is 0 Å². The van der Waals surface area contributed by atoms with E-state index in [4.69, 9.17) is 23.2 Å². The number of anilines is 1. The van der Waals surface area contributed by atoms with Crippen molar-refractivity contribution in [2.24, 2.45) is 5.92 Å². The smallest absolute Gasteiger partial charge is 0.267 e. The molecule has 0 saturated heterocycles. The number of hydrazine groups is 1. The van der Waals surface area contributed by atoms with Crippen LogP contribution in [-0.4, -0.2) is 22.4 Å². The molecule has 1 aromatic carbocycles. The molecule has 0 bridgehead atoms. The minimum atomic E-state index is -0.408. The first-order chi connectivity index (χ1) is 11.4. The SMILES string of the molecule is CC(C)CCN(NC(=O)c1ccc(F)cc1)c1nc(Cl)ncc1Cl. The highest BCUT2D eigenvalue weighted by Gasteiger charge is 2.17. The number of aromatic nitrogens is 2. The molecule has 0 spiro atoms. The number of amides is 1. The van der Waals surface area contributed by atoms with Crippen molar-refractivity contribution in [3.63, 3.8) is 0 Å². The van der Waals surface area contributed by atoms with Crippen LogP contribution in [0.3, 0.4) is 0 Å². The zero-order valence-corrected chi connectivity index (χ0v) is 14.8. The van der Waals surface area contributed by atoms with Gasteiger partial charge in [-0.3, -0.25) is 15.2 Å². The van der Waals surface area contributed by atoms with E-state index in [2.05, 4.69) is 29.2 Å². The van der Waals surface area contributed by atoms with Gasteiger partial charge in [-0.2, -0.15) is 4.98 Å². The van der Waals surface area contributed by atoms with Gasteiger partial charge in [-0.05, 0) is 48.2 Å². The summed E-state index contributed by atoms with van der Waals surface area (Å²) in [6.07, 6.45) is 2.17. The van der Waals surface area contributed by atoms with Crippen molar-refractivity contribution in [3.05, 3.63) is 52.1 Å². The van der Waals surface area contributed by atoms with Crippen LogP contribution < -0.4 is 10.4 Å². The van der Waals surface area contributed by atoms with Crippen LogP contribution >= 0.6 is 23.2 Å². The largest absolute Gasteiger partial charge is 0.269 e. The maximum Gasteiger partial charge on any atom is 0.269 e. The van der Waals surface area contributed by atoms with Crippen molar-refractivity contribution < 1.29 is 9.18 Å². The first kappa shape index (κ1) is 18.4. The first-order valence-corrected chi connectivity index (χ1v) is 8.14. The average Bonchev–Trinajstić information content (AvgIpc) is 2.54. The molecule has 0 unspecified atom stereocenters. The molecule has 128 valence electrons. The van der Waals surface area contributed by atoms with Gasteiger partial charge in [0.25, 0.3) is 5.91 Å². The van der Waals surface area contributed by atoms with Crippen LogP contribution in [0.4, 0.5) is 10.2 Å². The van der Waals surface area contributed by atoms with Crippen molar-refractivity contribution in [2.75, 3.05) is 11.6 Å². The van der Waals surface area contributed by atoms with E-state index in [-0.39, 0.29) is 10.3 Å². The second kappa shape index (κ2) is 8.26. The van der Waals surface area contributed by atoms with Gasteiger partial charge < -0.3 is 0 Å². The predicted octanol–water partition coefficient (Wildman–Crippen LogP) is 4.12. The van der Waals surface area contributed by atoms with Gasteiger partial charge in [-0.1, -0.05) is 25.4 Å². The third-order valence-corrected chi connectivity index (χ3v) is 3.67. The molecule has 2 rings (SSSR count).